The number of carbonyl (C=O) groups is 1. The van der Waals surface area contributed by atoms with Gasteiger partial charge in [-0.05, 0) is 55.6 Å². The topological polar surface area (TPSA) is 76.0 Å². The van der Waals surface area contributed by atoms with E-state index in [-0.39, 0.29) is 11.6 Å². The van der Waals surface area contributed by atoms with E-state index >= 15 is 0 Å². The first-order chi connectivity index (χ1) is 12.9. The third kappa shape index (κ3) is 4.26. The predicted octanol–water partition coefficient (Wildman–Crippen LogP) is 4.19. The third-order valence-corrected chi connectivity index (χ3v) is 5.13. The number of rotatable bonds is 4. The van der Waals surface area contributed by atoms with E-state index in [1.54, 1.807) is 43.9 Å². The van der Waals surface area contributed by atoms with Gasteiger partial charge in [0, 0.05) is 22.7 Å². The number of benzene rings is 2. The lowest BCUT2D eigenvalue weighted by molar-refractivity contribution is 0.248. The van der Waals surface area contributed by atoms with Crippen LogP contribution in [0.3, 0.4) is 0 Å². The van der Waals surface area contributed by atoms with Crippen LogP contribution in [0, 0.1) is 0 Å². The summed E-state index contributed by atoms with van der Waals surface area (Å²) >= 11 is 7.64. The number of nitrogens with zero attached hydrogens (tertiary/aromatic N) is 2. The largest absolute Gasteiger partial charge is 0.328 e. The lowest BCUT2D eigenvalue weighted by Gasteiger charge is -2.17. The number of hydrogen-bond acceptors (Lipinski definition) is 4. The summed E-state index contributed by atoms with van der Waals surface area (Å²) in [5.74, 6) is 0.447. The Morgan fingerprint density at radius 2 is 1.93 bits per heavy atom. The quantitative estimate of drug-likeness (QED) is 0.641. The summed E-state index contributed by atoms with van der Waals surface area (Å²) in [6.45, 7) is 1.77. The van der Waals surface area contributed by atoms with E-state index in [0.29, 0.717) is 27.4 Å². The van der Waals surface area contributed by atoms with Crippen molar-refractivity contribution in [2.24, 2.45) is 7.05 Å². The minimum atomic E-state index is -0.475. The lowest BCUT2D eigenvalue weighted by atomic mass is 10.2. The van der Waals surface area contributed by atoms with E-state index in [1.165, 1.54) is 4.57 Å². The molecule has 1 unspecified atom stereocenters. The molecule has 2 aromatic carbocycles. The van der Waals surface area contributed by atoms with Gasteiger partial charge in [-0.3, -0.25) is 9.36 Å². The molecule has 6 nitrogen and oxygen atoms in total. The smallest absolute Gasteiger partial charge is 0.319 e. The molecule has 1 aromatic heterocycles. The van der Waals surface area contributed by atoms with Crippen LogP contribution in [0.5, 0.6) is 0 Å². The summed E-state index contributed by atoms with van der Waals surface area (Å²) in [5, 5.41) is 6.57. The normalized spacial score (nSPS) is 12.0. The highest BCUT2D eigenvalue weighted by atomic mass is 35.5. The average molecular weight is 403 g/mol. The molecule has 0 saturated heterocycles. The number of halogens is 1. The fraction of sp³-hybridized carbons (Fsp3) is 0.211. The van der Waals surface area contributed by atoms with Crippen molar-refractivity contribution in [3.8, 4) is 0 Å². The molecule has 0 aliphatic heterocycles. The van der Waals surface area contributed by atoms with Crippen molar-refractivity contribution in [1.29, 1.82) is 0 Å². The second-order valence-electron chi connectivity index (χ2n) is 6.04. The van der Waals surface area contributed by atoms with Crippen molar-refractivity contribution in [2.75, 3.05) is 11.6 Å². The molecule has 2 N–H and O–H groups in total. The number of anilines is 1. The lowest BCUT2D eigenvalue weighted by Crippen LogP contribution is -2.35. The Morgan fingerprint density at radius 1 is 1.22 bits per heavy atom. The monoisotopic (exact) mass is 402 g/mol. The van der Waals surface area contributed by atoms with Gasteiger partial charge in [0.2, 0.25) is 0 Å². The second kappa shape index (κ2) is 8.02. The van der Waals surface area contributed by atoms with Crippen LogP contribution in [0.15, 0.2) is 52.2 Å². The van der Waals surface area contributed by atoms with Gasteiger partial charge in [0.1, 0.15) is 5.82 Å². The average Bonchev–Trinajstić information content (AvgIpc) is 2.65. The van der Waals surface area contributed by atoms with Crippen LogP contribution >= 0.6 is 23.4 Å². The van der Waals surface area contributed by atoms with Crippen LogP contribution in [0.2, 0.25) is 5.02 Å². The molecule has 27 heavy (non-hydrogen) atoms. The maximum atomic E-state index is 12.6. The molecule has 3 rings (SSSR count). The number of aromatic nitrogens is 2. The first-order valence-electron chi connectivity index (χ1n) is 8.27. The molecule has 3 aromatic rings. The fourth-order valence-electron chi connectivity index (χ4n) is 2.75. The molecule has 0 aliphatic rings. The zero-order valence-corrected chi connectivity index (χ0v) is 16.7. The highest BCUT2D eigenvalue weighted by Crippen LogP contribution is 2.19. The van der Waals surface area contributed by atoms with E-state index in [2.05, 4.69) is 15.6 Å². The highest BCUT2D eigenvalue weighted by Gasteiger charge is 2.17. The molecular weight excluding hydrogens is 384 g/mol. The third-order valence-electron chi connectivity index (χ3n) is 4.16. The van der Waals surface area contributed by atoms with Gasteiger partial charge < -0.3 is 10.6 Å². The molecule has 0 bridgehead atoms. The summed E-state index contributed by atoms with van der Waals surface area (Å²) in [7, 11) is 1.63. The van der Waals surface area contributed by atoms with Gasteiger partial charge in [0.15, 0.2) is 0 Å². The maximum Gasteiger partial charge on any atom is 0.319 e. The van der Waals surface area contributed by atoms with E-state index in [0.717, 1.165) is 4.90 Å². The van der Waals surface area contributed by atoms with Crippen molar-refractivity contribution >= 4 is 46.0 Å². The van der Waals surface area contributed by atoms with E-state index in [4.69, 9.17) is 11.6 Å². The minimum Gasteiger partial charge on any atom is -0.328 e. The van der Waals surface area contributed by atoms with Gasteiger partial charge in [-0.15, -0.1) is 11.8 Å². The molecule has 0 aliphatic carbocycles. The predicted molar refractivity (Wildman–Crippen MR) is 111 cm³/mol. The standard InChI is InChI=1S/C19H19ClN4O2S/c1-11(21-19(26)22-13-5-7-14(27-3)8-6-13)17-23-16-10-12(20)4-9-15(16)18(25)24(17)2/h4-11H,1-3H3,(H2,21,22,26). The van der Waals surface area contributed by atoms with Gasteiger partial charge in [-0.2, -0.15) is 0 Å². The minimum absolute atomic E-state index is 0.187. The Kier molecular flexibility index (Phi) is 5.72. The Bertz CT molecular complexity index is 1050. The zero-order chi connectivity index (χ0) is 19.6. The SMILES string of the molecule is CSc1ccc(NC(=O)NC(C)c2nc3cc(Cl)ccc3c(=O)n2C)cc1. The van der Waals surface area contributed by atoms with Crippen LogP contribution in [0.4, 0.5) is 10.5 Å². The van der Waals surface area contributed by atoms with Gasteiger partial charge in [-0.1, -0.05) is 11.6 Å². The maximum absolute atomic E-state index is 12.6. The summed E-state index contributed by atoms with van der Waals surface area (Å²) in [4.78, 5) is 30.5. The Labute approximate surface area is 165 Å². The van der Waals surface area contributed by atoms with E-state index in [9.17, 15) is 9.59 Å². The van der Waals surface area contributed by atoms with Crippen molar-refractivity contribution < 1.29 is 4.79 Å². The number of carbonyl (C=O) groups excluding carboxylic acids is 1. The summed E-state index contributed by atoms with van der Waals surface area (Å²) < 4.78 is 1.44. The van der Waals surface area contributed by atoms with Crippen molar-refractivity contribution in [2.45, 2.75) is 17.9 Å². The Hall–Kier alpha value is -2.51. The number of thioether (sulfide) groups is 1. The summed E-state index contributed by atoms with van der Waals surface area (Å²) in [5.41, 5.74) is 1.00. The molecular formula is C19H19ClN4O2S. The number of urea groups is 1. The van der Waals surface area contributed by atoms with Crippen LogP contribution in [0.1, 0.15) is 18.8 Å². The molecule has 2 amide bonds. The molecule has 1 heterocycles. The van der Waals surface area contributed by atoms with Crippen molar-refractivity contribution in [3.05, 3.63) is 63.7 Å². The first kappa shape index (κ1) is 19.3. The fourth-order valence-corrected chi connectivity index (χ4v) is 3.33. The van der Waals surface area contributed by atoms with Crippen LogP contribution in [-0.2, 0) is 7.05 Å². The number of fused-ring (bicyclic) bond motifs is 1. The van der Waals surface area contributed by atoms with E-state index < -0.39 is 6.04 Å². The van der Waals surface area contributed by atoms with Crippen LogP contribution in [-0.4, -0.2) is 21.8 Å². The summed E-state index contributed by atoms with van der Waals surface area (Å²) in [6, 6.07) is 11.6. The number of nitrogens with one attached hydrogen (secondary N) is 2. The molecule has 1 atom stereocenters. The van der Waals surface area contributed by atoms with Gasteiger partial charge in [0.25, 0.3) is 5.56 Å². The van der Waals surface area contributed by atoms with Gasteiger partial charge in [-0.25, -0.2) is 9.78 Å². The Morgan fingerprint density at radius 3 is 2.59 bits per heavy atom. The molecule has 0 saturated carbocycles. The van der Waals surface area contributed by atoms with E-state index in [1.807, 2.05) is 30.5 Å². The molecule has 8 heteroatoms. The van der Waals surface area contributed by atoms with Crippen LogP contribution in [0.25, 0.3) is 10.9 Å². The first-order valence-corrected chi connectivity index (χ1v) is 9.87. The second-order valence-corrected chi connectivity index (χ2v) is 7.36. The molecule has 0 radical (unpaired) electrons. The number of amides is 2. The number of hydrogen-bond donors (Lipinski definition) is 2. The Balaban J connectivity index is 1.80. The zero-order valence-electron chi connectivity index (χ0n) is 15.1. The van der Waals surface area contributed by atoms with Gasteiger partial charge >= 0.3 is 6.03 Å². The van der Waals surface area contributed by atoms with Crippen LogP contribution < -0.4 is 16.2 Å². The van der Waals surface area contributed by atoms with Crippen molar-refractivity contribution in [1.82, 2.24) is 14.9 Å². The molecule has 140 valence electrons. The van der Waals surface area contributed by atoms with Gasteiger partial charge in [0.05, 0.1) is 16.9 Å². The molecule has 0 spiro atoms. The van der Waals surface area contributed by atoms with Crippen molar-refractivity contribution in [3.63, 3.8) is 0 Å². The molecule has 0 fully saturated rings. The highest BCUT2D eigenvalue weighted by molar-refractivity contribution is 7.98. The summed E-state index contributed by atoms with van der Waals surface area (Å²) in [6.07, 6.45) is 1.99.